The molecule has 0 aliphatic carbocycles. The Balaban J connectivity index is 1.68. The van der Waals surface area contributed by atoms with E-state index in [0.29, 0.717) is 12.2 Å². The molecule has 44 heavy (non-hydrogen) atoms. The summed E-state index contributed by atoms with van der Waals surface area (Å²) >= 11 is 0. The molecule has 2 unspecified atom stereocenters. The van der Waals surface area contributed by atoms with Crippen molar-refractivity contribution in [2.24, 2.45) is 0 Å². The van der Waals surface area contributed by atoms with Gasteiger partial charge in [0.25, 0.3) is 0 Å². The zero-order valence-electron chi connectivity index (χ0n) is 26.2. The lowest BCUT2D eigenvalue weighted by Crippen LogP contribution is -2.43. The van der Waals surface area contributed by atoms with Crippen LogP contribution in [0.4, 0.5) is 0 Å². The lowest BCUT2D eigenvalue weighted by Gasteiger charge is -2.43. The minimum absolute atomic E-state index is 0.00248. The van der Waals surface area contributed by atoms with Crippen LogP contribution >= 0.6 is 0 Å². The smallest absolute Gasteiger partial charge is 0.193 e. The number of nitrogens with zero attached hydrogens (tertiary/aromatic N) is 2. The van der Waals surface area contributed by atoms with Crippen molar-refractivity contribution >= 4 is 8.32 Å². The number of ether oxygens (including phenoxy) is 1. The van der Waals surface area contributed by atoms with Gasteiger partial charge in [-0.3, -0.25) is 0 Å². The molecule has 0 saturated heterocycles. The standard InChI is InChI=1S/C38H41N3O2Si/c1-37(2,3)44(4,5)43-35(30-23-21-29(25-39)22-24-30)27-42-36(34-26-40-28-41-34)38(31-15-9-6-10-16-31,32-17-11-7-12-18-32)33-19-13-8-14-20-33/h6-24,26,28,35-36H,27H2,1-5H3,(H,40,41). The number of hydrogen-bond donors (Lipinski definition) is 1. The Morgan fingerprint density at radius 1 is 0.773 bits per heavy atom. The number of imidazole rings is 1. The lowest BCUT2D eigenvalue weighted by atomic mass is 9.65. The van der Waals surface area contributed by atoms with Crippen LogP contribution in [0.1, 0.15) is 66.5 Å². The Bertz CT molecular complexity index is 1540. The number of rotatable bonds is 11. The van der Waals surface area contributed by atoms with Crippen molar-refractivity contribution in [3.8, 4) is 6.07 Å². The summed E-state index contributed by atoms with van der Waals surface area (Å²) in [5, 5.41) is 9.45. The van der Waals surface area contributed by atoms with Gasteiger partial charge in [0.1, 0.15) is 6.10 Å². The van der Waals surface area contributed by atoms with Crippen molar-refractivity contribution in [3.63, 3.8) is 0 Å². The molecule has 4 aromatic carbocycles. The number of nitriles is 1. The molecule has 6 heteroatoms. The first-order chi connectivity index (χ1) is 21.2. The summed E-state index contributed by atoms with van der Waals surface area (Å²) in [6.45, 7) is 11.6. The van der Waals surface area contributed by atoms with Gasteiger partial charge in [-0.05, 0) is 52.5 Å². The molecular formula is C38H41N3O2Si. The van der Waals surface area contributed by atoms with Crippen molar-refractivity contribution in [2.45, 2.75) is 56.5 Å². The molecule has 0 bridgehead atoms. The predicted molar refractivity (Wildman–Crippen MR) is 179 cm³/mol. The third kappa shape index (κ3) is 6.32. The summed E-state index contributed by atoms with van der Waals surface area (Å²) in [5.41, 5.74) is 5.08. The maximum absolute atomic E-state index is 9.45. The van der Waals surface area contributed by atoms with Crippen LogP contribution in [-0.2, 0) is 14.6 Å². The normalized spacial score (nSPS) is 13.6. The highest BCUT2D eigenvalue weighted by atomic mass is 28.4. The third-order valence-electron chi connectivity index (χ3n) is 8.95. The van der Waals surface area contributed by atoms with E-state index in [-0.39, 0.29) is 11.1 Å². The molecular weight excluding hydrogens is 559 g/mol. The number of H-pyrrole nitrogens is 1. The first kappa shape index (κ1) is 31.2. The third-order valence-corrected chi connectivity index (χ3v) is 13.4. The summed E-state index contributed by atoms with van der Waals surface area (Å²) in [6, 6.07) is 41.6. The SMILES string of the molecule is CC(C)(C)[Si](C)(C)OC(COC(c1cnc[nH]1)C(c1ccccc1)(c1ccccc1)c1ccccc1)c1ccc(C#N)cc1. The highest BCUT2D eigenvalue weighted by Gasteiger charge is 2.47. The van der Waals surface area contributed by atoms with Crippen LogP contribution in [0.25, 0.3) is 0 Å². The maximum atomic E-state index is 9.45. The van der Waals surface area contributed by atoms with Crippen molar-refractivity contribution in [1.29, 1.82) is 5.26 Å². The van der Waals surface area contributed by atoms with E-state index in [4.69, 9.17) is 9.16 Å². The van der Waals surface area contributed by atoms with Gasteiger partial charge in [-0.1, -0.05) is 124 Å². The summed E-state index contributed by atoms with van der Waals surface area (Å²) < 4.78 is 14.3. The largest absolute Gasteiger partial charge is 0.408 e. The summed E-state index contributed by atoms with van der Waals surface area (Å²) in [6.07, 6.45) is 2.75. The molecule has 0 aliphatic heterocycles. The van der Waals surface area contributed by atoms with E-state index in [1.165, 1.54) is 0 Å². The van der Waals surface area contributed by atoms with Gasteiger partial charge in [0.05, 0.1) is 48.0 Å². The quantitative estimate of drug-likeness (QED) is 0.121. The molecule has 1 N–H and O–H groups in total. The van der Waals surface area contributed by atoms with Gasteiger partial charge in [-0.25, -0.2) is 4.98 Å². The topological polar surface area (TPSA) is 70.9 Å². The molecule has 5 nitrogen and oxygen atoms in total. The lowest BCUT2D eigenvalue weighted by molar-refractivity contribution is -0.0304. The van der Waals surface area contributed by atoms with Gasteiger partial charge < -0.3 is 14.1 Å². The Morgan fingerprint density at radius 3 is 1.68 bits per heavy atom. The predicted octanol–water partition coefficient (Wildman–Crippen LogP) is 9.14. The van der Waals surface area contributed by atoms with Crippen LogP contribution in [0.3, 0.4) is 0 Å². The summed E-state index contributed by atoms with van der Waals surface area (Å²) in [4.78, 5) is 7.84. The maximum Gasteiger partial charge on any atom is 0.193 e. The number of nitrogens with one attached hydrogen (secondary N) is 1. The van der Waals surface area contributed by atoms with Crippen molar-refractivity contribution < 1.29 is 9.16 Å². The second kappa shape index (κ2) is 13.2. The van der Waals surface area contributed by atoms with Crippen molar-refractivity contribution in [2.75, 3.05) is 6.61 Å². The van der Waals surface area contributed by atoms with Gasteiger partial charge in [0, 0.05) is 0 Å². The van der Waals surface area contributed by atoms with Gasteiger partial charge in [-0.15, -0.1) is 0 Å². The van der Waals surface area contributed by atoms with Gasteiger partial charge in [0.2, 0.25) is 0 Å². The van der Waals surface area contributed by atoms with Crippen molar-refractivity contribution in [1.82, 2.24) is 9.97 Å². The first-order valence-electron chi connectivity index (χ1n) is 15.1. The Kier molecular flexibility index (Phi) is 9.31. The molecule has 0 fully saturated rings. The summed E-state index contributed by atoms with van der Waals surface area (Å²) in [5.74, 6) is 0. The van der Waals surface area contributed by atoms with Crippen LogP contribution in [0, 0.1) is 11.3 Å². The van der Waals surface area contributed by atoms with Crippen LogP contribution in [0.15, 0.2) is 128 Å². The molecule has 0 spiro atoms. The zero-order chi connectivity index (χ0) is 31.2. The number of benzene rings is 4. The van der Waals surface area contributed by atoms with E-state index >= 15 is 0 Å². The van der Waals surface area contributed by atoms with E-state index in [9.17, 15) is 5.26 Å². The fourth-order valence-corrected chi connectivity index (χ4v) is 6.87. The fourth-order valence-electron chi connectivity index (χ4n) is 5.60. The van der Waals surface area contributed by atoms with E-state index in [1.54, 1.807) is 6.33 Å². The monoisotopic (exact) mass is 599 g/mol. The molecule has 0 radical (unpaired) electrons. The second-order valence-electron chi connectivity index (χ2n) is 12.7. The zero-order valence-corrected chi connectivity index (χ0v) is 27.2. The van der Waals surface area contributed by atoms with E-state index in [2.05, 4.69) is 123 Å². The Labute approximate surface area is 262 Å². The number of aromatic amines is 1. The molecule has 1 heterocycles. The number of aromatic nitrogens is 2. The van der Waals surface area contributed by atoms with Gasteiger partial charge in [0.15, 0.2) is 8.32 Å². The molecule has 0 amide bonds. The molecule has 0 saturated carbocycles. The molecule has 5 aromatic rings. The molecule has 224 valence electrons. The molecule has 2 atom stereocenters. The van der Waals surface area contributed by atoms with Crippen LogP contribution in [0.5, 0.6) is 0 Å². The molecule has 5 rings (SSSR count). The summed E-state index contributed by atoms with van der Waals surface area (Å²) in [7, 11) is -2.21. The van der Waals surface area contributed by atoms with E-state index in [1.807, 2.05) is 48.7 Å². The first-order valence-corrected chi connectivity index (χ1v) is 18.0. The van der Waals surface area contributed by atoms with Gasteiger partial charge >= 0.3 is 0 Å². The minimum Gasteiger partial charge on any atom is -0.408 e. The average molecular weight is 600 g/mol. The van der Waals surface area contributed by atoms with Crippen LogP contribution in [0.2, 0.25) is 18.1 Å². The van der Waals surface area contributed by atoms with Crippen LogP contribution < -0.4 is 0 Å². The van der Waals surface area contributed by atoms with Gasteiger partial charge in [-0.2, -0.15) is 5.26 Å². The molecule has 1 aromatic heterocycles. The van der Waals surface area contributed by atoms with E-state index in [0.717, 1.165) is 27.9 Å². The van der Waals surface area contributed by atoms with Crippen molar-refractivity contribution in [3.05, 3.63) is 161 Å². The average Bonchev–Trinajstić information content (AvgIpc) is 3.58. The highest BCUT2D eigenvalue weighted by Crippen LogP contribution is 2.50. The highest BCUT2D eigenvalue weighted by molar-refractivity contribution is 6.74. The Hall–Kier alpha value is -4.28. The Morgan fingerprint density at radius 2 is 1.27 bits per heavy atom. The fraction of sp³-hybridized carbons (Fsp3) is 0.263. The molecule has 0 aliphatic rings. The van der Waals surface area contributed by atoms with E-state index < -0.39 is 19.8 Å². The number of hydrogen-bond acceptors (Lipinski definition) is 4. The van der Waals surface area contributed by atoms with Crippen LogP contribution in [-0.4, -0.2) is 24.9 Å². The minimum atomic E-state index is -2.21. The second-order valence-corrected chi connectivity index (χ2v) is 17.5.